The minimum absolute atomic E-state index is 0. The Kier molecular flexibility index (Phi) is 7.49. The smallest absolute Gasteiger partial charge is 0.345 e. The Hall–Kier alpha value is -1.14. The van der Waals surface area contributed by atoms with Crippen molar-refractivity contribution < 1.29 is 36.9 Å². The molecule has 95 valence electrons. The second-order valence-corrected chi connectivity index (χ2v) is 4.46. The van der Waals surface area contributed by atoms with Gasteiger partial charge in [-0.3, -0.25) is 0 Å². The second-order valence-electron chi connectivity index (χ2n) is 2.56. The predicted octanol–water partition coefficient (Wildman–Crippen LogP) is 2.89. The van der Waals surface area contributed by atoms with Crippen molar-refractivity contribution >= 4 is 34.6 Å². The summed E-state index contributed by atoms with van der Waals surface area (Å²) in [5.74, 6) is -1.69. The van der Waals surface area contributed by atoms with E-state index in [0.29, 0.717) is 9.75 Å². The van der Waals surface area contributed by atoms with Gasteiger partial charge in [-0.2, -0.15) is 0 Å². The second kappa shape index (κ2) is 8.02. The number of carbonyl (C=O) groups is 2. The van der Waals surface area contributed by atoms with Gasteiger partial charge in [-0.15, -0.1) is 22.7 Å². The maximum Gasteiger partial charge on any atom is 0.345 e. The number of rotatable bonds is 2. The van der Waals surface area contributed by atoms with E-state index in [2.05, 4.69) is 0 Å². The number of hydrogen-bond acceptors (Lipinski definition) is 4. The van der Waals surface area contributed by atoms with Gasteiger partial charge < -0.3 is 10.2 Å². The predicted molar refractivity (Wildman–Crippen MR) is 62.6 cm³/mol. The van der Waals surface area contributed by atoms with Gasteiger partial charge in [0.2, 0.25) is 0 Å². The molecule has 0 aliphatic heterocycles. The van der Waals surface area contributed by atoms with E-state index in [4.69, 9.17) is 10.2 Å². The van der Waals surface area contributed by atoms with Crippen LogP contribution in [0.15, 0.2) is 35.0 Å². The van der Waals surface area contributed by atoms with Crippen molar-refractivity contribution in [2.24, 2.45) is 0 Å². The topological polar surface area (TPSA) is 74.6 Å². The fourth-order valence-electron chi connectivity index (χ4n) is 0.800. The molecule has 0 unspecified atom stereocenters. The van der Waals surface area contributed by atoms with Crippen molar-refractivity contribution in [3.63, 3.8) is 0 Å². The Morgan fingerprint density at radius 3 is 1.35 bits per heavy atom. The number of carboxylic acids is 2. The summed E-state index contributed by atoms with van der Waals surface area (Å²) in [5.41, 5.74) is 0. The van der Waals surface area contributed by atoms with Gasteiger partial charge in [0, 0.05) is 17.1 Å². The minimum atomic E-state index is -0.847. The molecule has 0 spiro atoms. The van der Waals surface area contributed by atoms with E-state index in [1.807, 2.05) is 0 Å². The van der Waals surface area contributed by atoms with Crippen molar-refractivity contribution in [1.29, 1.82) is 0 Å². The average Bonchev–Trinajstić information content (AvgIpc) is 2.93. The molecule has 0 fully saturated rings. The zero-order valence-corrected chi connectivity index (χ0v) is 10.9. The zero-order chi connectivity index (χ0) is 12.0. The van der Waals surface area contributed by atoms with Gasteiger partial charge in [0.25, 0.3) is 0 Å². The monoisotopic (exact) mass is 319 g/mol. The summed E-state index contributed by atoms with van der Waals surface area (Å²) in [4.78, 5) is 20.9. The van der Waals surface area contributed by atoms with Gasteiger partial charge in [0.05, 0.1) is 0 Å². The fourth-order valence-corrected chi connectivity index (χ4v) is 1.92. The molecule has 0 amide bonds. The van der Waals surface area contributed by atoms with Crippen LogP contribution in [0.25, 0.3) is 0 Å². The molecular formula is C10H8CuO4S2. The molecule has 0 aromatic carbocycles. The molecular weight excluding hydrogens is 312 g/mol. The van der Waals surface area contributed by atoms with E-state index in [9.17, 15) is 9.59 Å². The SMILES string of the molecule is O=C(O)c1cccs1.O=C(O)c1cccs1.[Cu]. The normalized spacial score (nSPS) is 8.47. The molecule has 17 heavy (non-hydrogen) atoms. The third-order valence-corrected chi connectivity index (χ3v) is 3.18. The number of hydrogen-bond donors (Lipinski definition) is 2. The van der Waals surface area contributed by atoms with Crippen LogP contribution < -0.4 is 0 Å². The Bertz CT molecular complexity index is 406. The Balaban J connectivity index is 0.000000284. The molecule has 2 aromatic heterocycles. The van der Waals surface area contributed by atoms with Crippen LogP contribution >= 0.6 is 22.7 Å². The third kappa shape index (κ3) is 5.65. The zero-order valence-electron chi connectivity index (χ0n) is 8.29. The Morgan fingerprint density at radius 2 is 1.24 bits per heavy atom. The summed E-state index contributed by atoms with van der Waals surface area (Å²) >= 11 is 2.46. The molecule has 0 aliphatic carbocycles. The van der Waals surface area contributed by atoms with Crippen LogP contribution in [0.3, 0.4) is 0 Å². The summed E-state index contributed by atoms with van der Waals surface area (Å²) in [7, 11) is 0. The van der Waals surface area contributed by atoms with Crippen molar-refractivity contribution in [3.8, 4) is 0 Å². The molecule has 7 heteroatoms. The number of aromatic carboxylic acids is 2. The van der Waals surface area contributed by atoms with Gasteiger partial charge in [-0.1, -0.05) is 12.1 Å². The van der Waals surface area contributed by atoms with Crippen LogP contribution in [0.4, 0.5) is 0 Å². The van der Waals surface area contributed by atoms with Gasteiger partial charge >= 0.3 is 11.9 Å². The van der Waals surface area contributed by atoms with Crippen LogP contribution in [0.5, 0.6) is 0 Å². The van der Waals surface area contributed by atoms with Crippen LogP contribution in [-0.2, 0) is 17.1 Å². The first-order chi connectivity index (χ1) is 7.61. The first kappa shape index (κ1) is 15.9. The van der Waals surface area contributed by atoms with E-state index in [1.54, 1.807) is 35.0 Å². The molecule has 0 aliphatic rings. The van der Waals surface area contributed by atoms with E-state index in [1.165, 1.54) is 22.7 Å². The average molecular weight is 320 g/mol. The van der Waals surface area contributed by atoms with Gasteiger partial charge in [-0.25, -0.2) is 9.59 Å². The molecule has 0 bridgehead atoms. The summed E-state index contributed by atoms with van der Waals surface area (Å²) < 4.78 is 0. The van der Waals surface area contributed by atoms with Crippen molar-refractivity contribution in [1.82, 2.24) is 0 Å². The maximum absolute atomic E-state index is 10.1. The third-order valence-electron chi connectivity index (χ3n) is 1.46. The van der Waals surface area contributed by atoms with E-state index < -0.39 is 11.9 Å². The molecule has 4 nitrogen and oxygen atoms in total. The molecule has 0 saturated carbocycles. The molecule has 0 atom stereocenters. The van der Waals surface area contributed by atoms with Crippen molar-refractivity contribution in [3.05, 3.63) is 44.8 Å². The molecule has 2 rings (SSSR count). The van der Waals surface area contributed by atoms with E-state index in [-0.39, 0.29) is 17.1 Å². The van der Waals surface area contributed by atoms with Crippen LogP contribution in [0.2, 0.25) is 0 Å². The van der Waals surface area contributed by atoms with Gasteiger partial charge in [0.1, 0.15) is 9.75 Å². The molecule has 1 radical (unpaired) electrons. The molecule has 0 saturated heterocycles. The van der Waals surface area contributed by atoms with Crippen LogP contribution in [-0.4, -0.2) is 22.2 Å². The van der Waals surface area contributed by atoms with Gasteiger partial charge in [-0.05, 0) is 22.9 Å². The fraction of sp³-hybridized carbons (Fsp3) is 0. The largest absolute Gasteiger partial charge is 0.477 e. The van der Waals surface area contributed by atoms with Crippen LogP contribution in [0.1, 0.15) is 19.3 Å². The van der Waals surface area contributed by atoms with E-state index in [0.717, 1.165) is 0 Å². The first-order valence-corrected chi connectivity index (χ1v) is 5.91. The van der Waals surface area contributed by atoms with Crippen molar-refractivity contribution in [2.45, 2.75) is 0 Å². The summed E-state index contributed by atoms with van der Waals surface area (Å²) in [6.07, 6.45) is 0. The maximum atomic E-state index is 10.1. The standard InChI is InChI=1S/2C5H4O2S.Cu/c2*6-5(7)4-2-1-3-8-4;/h2*1-3H,(H,6,7);. The molecule has 2 aromatic rings. The number of carboxylic acid groups (broad SMARTS) is 2. The van der Waals surface area contributed by atoms with Gasteiger partial charge in [0.15, 0.2) is 0 Å². The quantitative estimate of drug-likeness (QED) is 0.835. The Morgan fingerprint density at radius 1 is 0.882 bits per heavy atom. The van der Waals surface area contributed by atoms with Crippen molar-refractivity contribution in [2.75, 3.05) is 0 Å². The molecule has 2 heterocycles. The number of thiophene rings is 2. The van der Waals surface area contributed by atoms with E-state index >= 15 is 0 Å². The van der Waals surface area contributed by atoms with Crippen LogP contribution in [0, 0.1) is 0 Å². The Labute approximate surface area is 116 Å². The summed E-state index contributed by atoms with van der Waals surface area (Å²) in [5, 5.41) is 20.0. The molecule has 2 N–H and O–H groups in total. The first-order valence-electron chi connectivity index (χ1n) is 4.15. The minimum Gasteiger partial charge on any atom is -0.477 e. The summed E-state index contributed by atoms with van der Waals surface area (Å²) in [6.45, 7) is 0. The summed E-state index contributed by atoms with van der Waals surface area (Å²) in [6, 6.07) is 6.59.